The van der Waals surface area contributed by atoms with Gasteiger partial charge in [0.1, 0.15) is 0 Å². The van der Waals surface area contributed by atoms with Crippen LogP contribution in [0.25, 0.3) is 0 Å². The highest BCUT2D eigenvalue weighted by Crippen LogP contribution is 1.94. The standard InChI is InChI=1S/C7H16O4/c1-6(8)5-11-4-2-3-7(9)10/h6-10H,2-5H2,1H3. The third-order valence-corrected chi connectivity index (χ3v) is 1.11. The van der Waals surface area contributed by atoms with E-state index < -0.39 is 12.4 Å². The first-order chi connectivity index (χ1) is 5.13. The second-order valence-corrected chi connectivity index (χ2v) is 2.55. The van der Waals surface area contributed by atoms with Crippen LogP contribution < -0.4 is 0 Å². The van der Waals surface area contributed by atoms with Gasteiger partial charge in [0.25, 0.3) is 0 Å². The molecule has 1 unspecified atom stereocenters. The Labute approximate surface area is 66.4 Å². The summed E-state index contributed by atoms with van der Waals surface area (Å²) in [5.74, 6) is 0. The molecule has 0 aliphatic heterocycles. The van der Waals surface area contributed by atoms with Crippen molar-refractivity contribution in [3.05, 3.63) is 0 Å². The van der Waals surface area contributed by atoms with Gasteiger partial charge in [0.15, 0.2) is 6.29 Å². The fraction of sp³-hybridized carbons (Fsp3) is 1.00. The van der Waals surface area contributed by atoms with Crippen molar-refractivity contribution in [2.75, 3.05) is 13.2 Å². The Balaban J connectivity index is 2.91. The zero-order valence-corrected chi connectivity index (χ0v) is 6.73. The van der Waals surface area contributed by atoms with Crippen molar-refractivity contribution in [3.8, 4) is 0 Å². The molecule has 4 nitrogen and oxygen atoms in total. The number of hydrogen-bond donors (Lipinski definition) is 3. The fourth-order valence-corrected chi connectivity index (χ4v) is 0.622. The average Bonchev–Trinajstić information content (AvgIpc) is 1.85. The molecule has 0 saturated carbocycles. The summed E-state index contributed by atoms with van der Waals surface area (Å²) in [6.45, 7) is 2.41. The van der Waals surface area contributed by atoms with Crippen molar-refractivity contribution in [2.24, 2.45) is 0 Å². The predicted molar refractivity (Wildman–Crippen MR) is 40.0 cm³/mol. The second kappa shape index (κ2) is 6.54. The summed E-state index contributed by atoms with van der Waals surface area (Å²) in [6.07, 6.45) is -0.774. The number of ether oxygens (including phenoxy) is 1. The molecule has 0 rings (SSSR count). The van der Waals surface area contributed by atoms with Crippen molar-refractivity contribution in [1.82, 2.24) is 0 Å². The molecule has 1 atom stereocenters. The van der Waals surface area contributed by atoms with Gasteiger partial charge in [0.05, 0.1) is 12.7 Å². The molecule has 0 aromatic carbocycles. The van der Waals surface area contributed by atoms with Gasteiger partial charge in [0, 0.05) is 13.0 Å². The molecule has 0 amide bonds. The van der Waals surface area contributed by atoms with E-state index in [2.05, 4.69) is 0 Å². The van der Waals surface area contributed by atoms with E-state index in [1.54, 1.807) is 6.92 Å². The van der Waals surface area contributed by atoms with Gasteiger partial charge >= 0.3 is 0 Å². The maximum absolute atomic E-state index is 8.74. The lowest BCUT2D eigenvalue weighted by molar-refractivity contribution is -0.0520. The molecule has 4 heteroatoms. The Bertz CT molecular complexity index is 72.5. The molecule has 0 aromatic heterocycles. The summed E-state index contributed by atoms with van der Waals surface area (Å²) in [5, 5.41) is 25.6. The van der Waals surface area contributed by atoms with Crippen LogP contribution >= 0.6 is 0 Å². The van der Waals surface area contributed by atoms with E-state index in [1.807, 2.05) is 0 Å². The highest BCUT2D eigenvalue weighted by Gasteiger charge is 1.98. The molecule has 0 fully saturated rings. The quantitative estimate of drug-likeness (QED) is 0.365. The van der Waals surface area contributed by atoms with Crippen LogP contribution in [0.2, 0.25) is 0 Å². The van der Waals surface area contributed by atoms with E-state index in [4.69, 9.17) is 20.1 Å². The highest BCUT2D eigenvalue weighted by atomic mass is 16.5. The summed E-state index contributed by atoms with van der Waals surface area (Å²) < 4.78 is 4.97. The monoisotopic (exact) mass is 164 g/mol. The number of hydrogen-bond acceptors (Lipinski definition) is 4. The van der Waals surface area contributed by atoms with Crippen LogP contribution in [0.4, 0.5) is 0 Å². The van der Waals surface area contributed by atoms with Gasteiger partial charge in [-0.05, 0) is 13.3 Å². The first-order valence-corrected chi connectivity index (χ1v) is 3.75. The molecule has 0 aliphatic rings. The molecule has 0 aromatic rings. The Morgan fingerprint density at radius 1 is 1.27 bits per heavy atom. The summed E-state index contributed by atoms with van der Waals surface area (Å²) in [5.41, 5.74) is 0. The van der Waals surface area contributed by atoms with Crippen LogP contribution in [0.3, 0.4) is 0 Å². The molecule has 0 heterocycles. The largest absolute Gasteiger partial charge is 0.391 e. The van der Waals surface area contributed by atoms with Crippen molar-refractivity contribution in [2.45, 2.75) is 32.2 Å². The van der Waals surface area contributed by atoms with Crippen molar-refractivity contribution in [3.63, 3.8) is 0 Å². The SMILES string of the molecule is CC(O)COCCCC(O)O. The second-order valence-electron chi connectivity index (χ2n) is 2.55. The number of aliphatic hydroxyl groups is 3. The van der Waals surface area contributed by atoms with Crippen molar-refractivity contribution < 1.29 is 20.1 Å². The topological polar surface area (TPSA) is 69.9 Å². The Hall–Kier alpha value is -0.160. The zero-order chi connectivity index (χ0) is 8.69. The van der Waals surface area contributed by atoms with Gasteiger partial charge in [0.2, 0.25) is 0 Å². The average molecular weight is 164 g/mol. The van der Waals surface area contributed by atoms with E-state index in [9.17, 15) is 0 Å². The van der Waals surface area contributed by atoms with Gasteiger partial charge < -0.3 is 20.1 Å². The zero-order valence-electron chi connectivity index (χ0n) is 6.73. The lowest BCUT2D eigenvalue weighted by atomic mass is 10.3. The van der Waals surface area contributed by atoms with E-state index in [0.717, 1.165) is 0 Å². The lowest BCUT2D eigenvalue weighted by Gasteiger charge is -2.06. The molecule has 0 bridgehead atoms. The molecule has 0 saturated heterocycles. The third-order valence-electron chi connectivity index (χ3n) is 1.11. The van der Waals surface area contributed by atoms with Crippen molar-refractivity contribution in [1.29, 1.82) is 0 Å². The van der Waals surface area contributed by atoms with Crippen LogP contribution in [-0.2, 0) is 4.74 Å². The minimum absolute atomic E-state index is 0.307. The van der Waals surface area contributed by atoms with Crippen LogP contribution in [0.5, 0.6) is 0 Å². The molecule has 0 aliphatic carbocycles. The predicted octanol–water partition coefficient (Wildman–Crippen LogP) is -0.525. The van der Waals surface area contributed by atoms with E-state index >= 15 is 0 Å². The van der Waals surface area contributed by atoms with E-state index in [1.165, 1.54) is 0 Å². The summed E-state index contributed by atoms with van der Waals surface area (Å²) in [7, 11) is 0. The minimum atomic E-state index is -1.25. The van der Waals surface area contributed by atoms with Gasteiger partial charge in [-0.1, -0.05) is 0 Å². The van der Waals surface area contributed by atoms with Crippen LogP contribution in [0, 0.1) is 0 Å². The number of aliphatic hydroxyl groups excluding tert-OH is 2. The maximum atomic E-state index is 8.74. The Kier molecular flexibility index (Phi) is 6.45. The molecule has 3 N–H and O–H groups in total. The third kappa shape index (κ3) is 9.84. The molecular weight excluding hydrogens is 148 g/mol. The molecule has 11 heavy (non-hydrogen) atoms. The molecular formula is C7H16O4. The Morgan fingerprint density at radius 3 is 2.36 bits per heavy atom. The smallest absolute Gasteiger partial charge is 0.151 e. The summed E-state index contributed by atoms with van der Waals surface area (Å²) in [6, 6.07) is 0. The van der Waals surface area contributed by atoms with Gasteiger partial charge in [-0.15, -0.1) is 0 Å². The summed E-state index contributed by atoms with van der Waals surface area (Å²) in [4.78, 5) is 0. The summed E-state index contributed by atoms with van der Waals surface area (Å²) >= 11 is 0. The molecule has 0 radical (unpaired) electrons. The van der Waals surface area contributed by atoms with Crippen LogP contribution in [0.1, 0.15) is 19.8 Å². The Morgan fingerprint density at radius 2 is 1.91 bits per heavy atom. The van der Waals surface area contributed by atoms with Gasteiger partial charge in [-0.2, -0.15) is 0 Å². The number of rotatable bonds is 6. The minimum Gasteiger partial charge on any atom is -0.391 e. The normalized spacial score (nSPS) is 13.9. The van der Waals surface area contributed by atoms with Crippen molar-refractivity contribution >= 4 is 0 Å². The lowest BCUT2D eigenvalue weighted by Crippen LogP contribution is -2.12. The molecule has 68 valence electrons. The molecule has 0 spiro atoms. The maximum Gasteiger partial charge on any atom is 0.151 e. The highest BCUT2D eigenvalue weighted by molar-refractivity contribution is 4.43. The first-order valence-electron chi connectivity index (χ1n) is 3.75. The van der Waals surface area contributed by atoms with E-state index in [-0.39, 0.29) is 0 Å². The van der Waals surface area contributed by atoms with Crippen LogP contribution in [0.15, 0.2) is 0 Å². The van der Waals surface area contributed by atoms with Crippen LogP contribution in [-0.4, -0.2) is 40.9 Å². The first kappa shape index (κ1) is 10.8. The van der Waals surface area contributed by atoms with Gasteiger partial charge in [-0.25, -0.2) is 0 Å². The fourth-order valence-electron chi connectivity index (χ4n) is 0.622. The van der Waals surface area contributed by atoms with Gasteiger partial charge in [-0.3, -0.25) is 0 Å². The van der Waals surface area contributed by atoms with E-state index in [0.29, 0.717) is 26.1 Å².